The molecule has 2 heterocycles. The number of aromatic nitrogens is 1. The van der Waals surface area contributed by atoms with Crippen LogP contribution >= 0.6 is 27.3 Å². The SMILES string of the molecule is CC(Cc1cccs1)N(C)C(=O)c1cc(Br)cn1C1CC1. The summed E-state index contributed by atoms with van der Waals surface area (Å²) in [7, 11) is 1.90. The number of amides is 1. The van der Waals surface area contributed by atoms with Gasteiger partial charge in [-0.2, -0.15) is 0 Å². The van der Waals surface area contributed by atoms with Gasteiger partial charge in [-0.15, -0.1) is 11.3 Å². The topological polar surface area (TPSA) is 25.2 Å². The van der Waals surface area contributed by atoms with E-state index < -0.39 is 0 Å². The molecule has 1 amide bonds. The van der Waals surface area contributed by atoms with Crippen molar-refractivity contribution in [3.8, 4) is 0 Å². The molecule has 21 heavy (non-hydrogen) atoms. The second-order valence-electron chi connectivity index (χ2n) is 5.73. The van der Waals surface area contributed by atoms with Crippen molar-refractivity contribution in [2.24, 2.45) is 0 Å². The zero-order chi connectivity index (χ0) is 15.0. The number of nitrogens with zero attached hydrogens (tertiary/aromatic N) is 2. The van der Waals surface area contributed by atoms with E-state index in [0.29, 0.717) is 6.04 Å². The van der Waals surface area contributed by atoms with Crippen molar-refractivity contribution in [2.45, 2.75) is 38.3 Å². The van der Waals surface area contributed by atoms with Crippen LogP contribution in [0.3, 0.4) is 0 Å². The van der Waals surface area contributed by atoms with E-state index in [0.717, 1.165) is 16.6 Å². The van der Waals surface area contributed by atoms with Gasteiger partial charge in [0.15, 0.2) is 0 Å². The molecule has 3 nitrogen and oxygen atoms in total. The van der Waals surface area contributed by atoms with E-state index in [2.05, 4.69) is 44.9 Å². The Kier molecular flexibility index (Phi) is 4.22. The van der Waals surface area contributed by atoms with E-state index in [-0.39, 0.29) is 11.9 Å². The highest BCUT2D eigenvalue weighted by atomic mass is 79.9. The molecule has 1 atom stereocenters. The van der Waals surface area contributed by atoms with Crippen LogP contribution in [0.4, 0.5) is 0 Å². The van der Waals surface area contributed by atoms with Crippen LogP contribution in [0.25, 0.3) is 0 Å². The second-order valence-corrected chi connectivity index (χ2v) is 7.68. The lowest BCUT2D eigenvalue weighted by Gasteiger charge is -2.25. The molecule has 0 aromatic carbocycles. The van der Waals surface area contributed by atoms with Crippen molar-refractivity contribution in [3.63, 3.8) is 0 Å². The molecule has 0 aliphatic heterocycles. The zero-order valence-electron chi connectivity index (χ0n) is 12.3. The second kappa shape index (κ2) is 5.97. The third kappa shape index (κ3) is 3.24. The summed E-state index contributed by atoms with van der Waals surface area (Å²) in [5.41, 5.74) is 0.796. The Bertz CT molecular complexity index is 631. The van der Waals surface area contributed by atoms with Gasteiger partial charge in [0.2, 0.25) is 0 Å². The Labute approximate surface area is 137 Å². The standard InChI is InChI=1S/C16H19BrN2OS/c1-11(8-14-4-3-7-21-14)18(2)16(20)15-9-12(17)10-19(15)13-5-6-13/h3-4,7,9-11,13H,5-6,8H2,1-2H3. The zero-order valence-corrected chi connectivity index (χ0v) is 14.7. The lowest BCUT2D eigenvalue weighted by atomic mass is 10.1. The number of hydrogen-bond donors (Lipinski definition) is 0. The molecule has 0 saturated heterocycles. The summed E-state index contributed by atoms with van der Waals surface area (Å²) in [6.45, 7) is 2.11. The molecule has 0 N–H and O–H groups in total. The molecular formula is C16H19BrN2OS. The van der Waals surface area contributed by atoms with Crippen molar-refractivity contribution in [2.75, 3.05) is 7.05 Å². The molecule has 1 aliphatic rings. The van der Waals surface area contributed by atoms with Crippen molar-refractivity contribution >= 4 is 33.2 Å². The lowest BCUT2D eigenvalue weighted by molar-refractivity contribution is 0.0733. The summed E-state index contributed by atoms with van der Waals surface area (Å²) in [5.74, 6) is 0.108. The lowest BCUT2D eigenvalue weighted by Crippen LogP contribution is -2.37. The molecule has 3 rings (SSSR count). The maximum atomic E-state index is 12.8. The van der Waals surface area contributed by atoms with Crippen LogP contribution in [0.1, 0.15) is 41.2 Å². The molecule has 112 valence electrons. The first kappa shape index (κ1) is 14.9. The molecule has 1 fully saturated rings. The highest BCUT2D eigenvalue weighted by molar-refractivity contribution is 9.10. The van der Waals surface area contributed by atoms with E-state index in [1.165, 1.54) is 17.7 Å². The Hall–Kier alpha value is -1.07. The smallest absolute Gasteiger partial charge is 0.270 e. The van der Waals surface area contributed by atoms with Gasteiger partial charge in [0.25, 0.3) is 5.91 Å². The Morgan fingerprint density at radius 2 is 2.33 bits per heavy atom. The molecule has 0 bridgehead atoms. The van der Waals surface area contributed by atoms with Crippen LogP contribution in [-0.2, 0) is 6.42 Å². The number of hydrogen-bond acceptors (Lipinski definition) is 2. The molecular weight excluding hydrogens is 348 g/mol. The molecule has 1 saturated carbocycles. The van der Waals surface area contributed by atoms with Crippen LogP contribution in [0.2, 0.25) is 0 Å². The van der Waals surface area contributed by atoms with Crippen LogP contribution in [0, 0.1) is 0 Å². The summed E-state index contributed by atoms with van der Waals surface area (Å²) in [6, 6.07) is 6.83. The fourth-order valence-electron chi connectivity index (χ4n) is 2.51. The third-order valence-electron chi connectivity index (χ3n) is 4.03. The maximum Gasteiger partial charge on any atom is 0.270 e. The monoisotopic (exact) mass is 366 g/mol. The largest absolute Gasteiger partial charge is 0.339 e. The summed E-state index contributed by atoms with van der Waals surface area (Å²) in [4.78, 5) is 16.0. The molecule has 0 spiro atoms. The first-order valence-electron chi connectivity index (χ1n) is 7.23. The molecule has 2 aromatic rings. The van der Waals surface area contributed by atoms with E-state index in [1.54, 1.807) is 11.3 Å². The van der Waals surface area contributed by atoms with Crippen LogP contribution in [0.5, 0.6) is 0 Å². The third-order valence-corrected chi connectivity index (χ3v) is 5.37. The Morgan fingerprint density at radius 3 is 2.95 bits per heavy atom. The maximum absolute atomic E-state index is 12.8. The fourth-order valence-corrected chi connectivity index (χ4v) is 3.77. The Balaban J connectivity index is 1.74. The number of carbonyl (C=O) groups is 1. The van der Waals surface area contributed by atoms with Gasteiger partial charge >= 0.3 is 0 Å². The van der Waals surface area contributed by atoms with E-state index in [4.69, 9.17) is 0 Å². The van der Waals surface area contributed by atoms with Crippen molar-refractivity contribution in [1.82, 2.24) is 9.47 Å². The predicted molar refractivity (Wildman–Crippen MR) is 90.0 cm³/mol. The average Bonchev–Trinajstić information content (AvgIpc) is 3.04. The summed E-state index contributed by atoms with van der Waals surface area (Å²) in [5, 5.41) is 2.08. The van der Waals surface area contributed by atoms with Gasteiger partial charge in [0.1, 0.15) is 5.69 Å². The van der Waals surface area contributed by atoms with Gasteiger partial charge in [-0.05, 0) is 53.2 Å². The van der Waals surface area contributed by atoms with Gasteiger partial charge in [-0.25, -0.2) is 0 Å². The number of likely N-dealkylation sites (N-methyl/N-ethyl adjacent to an activating group) is 1. The summed E-state index contributed by atoms with van der Waals surface area (Å²) >= 11 is 5.24. The van der Waals surface area contributed by atoms with Crippen LogP contribution < -0.4 is 0 Å². The molecule has 5 heteroatoms. The molecule has 1 unspecified atom stereocenters. The summed E-state index contributed by atoms with van der Waals surface area (Å²) < 4.78 is 3.11. The average molecular weight is 367 g/mol. The summed E-state index contributed by atoms with van der Waals surface area (Å²) in [6.07, 6.45) is 5.29. The van der Waals surface area contributed by atoms with Gasteiger partial charge < -0.3 is 9.47 Å². The fraction of sp³-hybridized carbons (Fsp3) is 0.438. The van der Waals surface area contributed by atoms with Crippen molar-refractivity contribution in [1.29, 1.82) is 0 Å². The normalized spacial score (nSPS) is 16.0. The van der Waals surface area contributed by atoms with Gasteiger partial charge in [0, 0.05) is 41.1 Å². The first-order valence-corrected chi connectivity index (χ1v) is 8.90. The minimum absolute atomic E-state index is 0.108. The van der Waals surface area contributed by atoms with E-state index >= 15 is 0 Å². The quantitative estimate of drug-likeness (QED) is 0.771. The van der Waals surface area contributed by atoms with Crippen LogP contribution in [-0.4, -0.2) is 28.5 Å². The van der Waals surface area contributed by atoms with Crippen molar-refractivity contribution in [3.05, 3.63) is 44.8 Å². The van der Waals surface area contributed by atoms with E-state index in [1.807, 2.05) is 24.2 Å². The number of halogens is 1. The molecule has 1 aliphatic carbocycles. The van der Waals surface area contributed by atoms with Crippen LogP contribution in [0.15, 0.2) is 34.2 Å². The van der Waals surface area contributed by atoms with Gasteiger partial charge in [-0.1, -0.05) is 6.07 Å². The minimum Gasteiger partial charge on any atom is -0.339 e. The first-order chi connectivity index (χ1) is 10.1. The number of rotatable bonds is 5. The highest BCUT2D eigenvalue weighted by Crippen LogP contribution is 2.37. The predicted octanol–water partition coefficient (Wildman–Crippen LogP) is 4.35. The van der Waals surface area contributed by atoms with Crippen molar-refractivity contribution < 1.29 is 4.79 Å². The Morgan fingerprint density at radius 1 is 1.57 bits per heavy atom. The van der Waals surface area contributed by atoms with Gasteiger partial charge in [0.05, 0.1) is 0 Å². The number of carbonyl (C=O) groups excluding carboxylic acids is 1. The number of thiophene rings is 1. The minimum atomic E-state index is 0.108. The molecule has 2 aromatic heterocycles. The van der Waals surface area contributed by atoms with Gasteiger partial charge in [-0.3, -0.25) is 4.79 Å². The van der Waals surface area contributed by atoms with E-state index in [9.17, 15) is 4.79 Å². The highest BCUT2D eigenvalue weighted by Gasteiger charge is 2.29. The molecule has 0 radical (unpaired) electrons.